The summed E-state index contributed by atoms with van der Waals surface area (Å²) in [7, 11) is 2.20. The van der Waals surface area contributed by atoms with E-state index in [0.29, 0.717) is 0 Å². The quantitative estimate of drug-likeness (QED) is 0.935. The summed E-state index contributed by atoms with van der Waals surface area (Å²) in [6.07, 6.45) is 4.48. The smallest absolute Gasteiger partial charge is 0.0471 e. The Morgan fingerprint density at radius 3 is 2.80 bits per heavy atom. The predicted octanol–water partition coefficient (Wildman–Crippen LogP) is 3.00. The third kappa shape index (κ3) is 3.17. The van der Waals surface area contributed by atoms with Crippen LogP contribution in [0.4, 0.5) is 0 Å². The third-order valence-electron chi connectivity index (χ3n) is 4.25. The molecule has 1 aliphatic rings. The standard InChI is InChI=1S/C16H22ClN3/c1-19-7-9-20(10-8-19)6-2-3-13-12-18-16-11-14(17)4-5-15(13)16/h4-5,11-12,18H,2-3,6-10H2,1H3. The van der Waals surface area contributed by atoms with Crippen molar-refractivity contribution < 1.29 is 0 Å². The average molecular weight is 292 g/mol. The highest BCUT2D eigenvalue weighted by atomic mass is 35.5. The Bertz CT molecular complexity index is 570. The third-order valence-corrected chi connectivity index (χ3v) is 4.48. The van der Waals surface area contributed by atoms with Crippen LogP contribution in [0.5, 0.6) is 0 Å². The van der Waals surface area contributed by atoms with Crippen LogP contribution in [0, 0.1) is 0 Å². The minimum atomic E-state index is 0.795. The highest BCUT2D eigenvalue weighted by molar-refractivity contribution is 6.31. The van der Waals surface area contributed by atoms with Crippen molar-refractivity contribution in [3.8, 4) is 0 Å². The van der Waals surface area contributed by atoms with Gasteiger partial charge in [0.05, 0.1) is 0 Å². The van der Waals surface area contributed by atoms with Crippen molar-refractivity contribution in [1.82, 2.24) is 14.8 Å². The van der Waals surface area contributed by atoms with Gasteiger partial charge in [-0.2, -0.15) is 0 Å². The molecule has 2 heterocycles. The van der Waals surface area contributed by atoms with E-state index in [1.54, 1.807) is 0 Å². The highest BCUT2D eigenvalue weighted by Gasteiger charge is 2.13. The molecule has 20 heavy (non-hydrogen) atoms. The van der Waals surface area contributed by atoms with E-state index in [1.165, 1.54) is 50.1 Å². The zero-order valence-corrected chi connectivity index (χ0v) is 12.8. The van der Waals surface area contributed by atoms with Gasteiger partial charge in [0, 0.05) is 48.3 Å². The Balaban J connectivity index is 1.55. The van der Waals surface area contributed by atoms with Crippen LogP contribution in [-0.4, -0.2) is 54.6 Å². The summed E-state index contributed by atoms with van der Waals surface area (Å²) in [5, 5.41) is 2.11. The maximum Gasteiger partial charge on any atom is 0.0471 e. The molecular formula is C16H22ClN3. The number of halogens is 1. The molecule has 1 saturated heterocycles. The van der Waals surface area contributed by atoms with E-state index in [1.807, 2.05) is 12.1 Å². The van der Waals surface area contributed by atoms with Gasteiger partial charge in [0.15, 0.2) is 0 Å². The van der Waals surface area contributed by atoms with Gasteiger partial charge < -0.3 is 14.8 Å². The molecule has 1 aromatic heterocycles. The zero-order chi connectivity index (χ0) is 13.9. The second-order valence-corrected chi connectivity index (χ2v) is 6.19. The number of benzene rings is 1. The lowest BCUT2D eigenvalue weighted by molar-refractivity contribution is 0.153. The molecule has 0 bridgehead atoms. The summed E-state index contributed by atoms with van der Waals surface area (Å²) in [6.45, 7) is 6.02. The van der Waals surface area contributed by atoms with Crippen molar-refractivity contribution in [2.45, 2.75) is 12.8 Å². The van der Waals surface area contributed by atoms with Gasteiger partial charge in [0.25, 0.3) is 0 Å². The topological polar surface area (TPSA) is 22.3 Å². The molecule has 1 N–H and O–H groups in total. The summed E-state index contributed by atoms with van der Waals surface area (Å²) in [4.78, 5) is 8.30. The molecule has 1 fully saturated rings. The number of aromatic nitrogens is 1. The molecule has 0 radical (unpaired) electrons. The van der Waals surface area contributed by atoms with E-state index in [2.05, 4.69) is 34.1 Å². The van der Waals surface area contributed by atoms with Crippen LogP contribution < -0.4 is 0 Å². The van der Waals surface area contributed by atoms with Gasteiger partial charge in [0.2, 0.25) is 0 Å². The van der Waals surface area contributed by atoms with Crippen molar-refractivity contribution >= 4 is 22.5 Å². The summed E-state index contributed by atoms with van der Waals surface area (Å²) in [5.74, 6) is 0. The van der Waals surface area contributed by atoms with Crippen LogP contribution in [0.25, 0.3) is 10.9 Å². The molecule has 0 saturated carbocycles. The first-order chi connectivity index (χ1) is 9.72. The van der Waals surface area contributed by atoms with E-state index in [9.17, 15) is 0 Å². The number of nitrogens with zero attached hydrogens (tertiary/aromatic N) is 2. The van der Waals surface area contributed by atoms with Crippen molar-refractivity contribution in [2.75, 3.05) is 39.8 Å². The second kappa shape index (κ2) is 6.17. The predicted molar refractivity (Wildman–Crippen MR) is 85.6 cm³/mol. The number of H-pyrrole nitrogens is 1. The molecule has 3 rings (SSSR count). The molecule has 0 amide bonds. The van der Waals surface area contributed by atoms with Crippen molar-refractivity contribution in [2.24, 2.45) is 0 Å². The van der Waals surface area contributed by atoms with E-state index in [0.717, 1.165) is 17.0 Å². The second-order valence-electron chi connectivity index (χ2n) is 5.75. The summed E-state index contributed by atoms with van der Waals surface area (Å²) < 4.78 is 0. The Hall–Kier alpha value is -1.03. The van der Waals surface area contributed by atoms with Crippen LogP contribution in [0.2, 0.25) is 5.02 Å². The van der Waals surface area contributed by atoms with E-state index >= 15 is 0 Å². The number of hydrogen-bond donors (Lipinski definition) is 1. The van der Waals surface area contributed by atoms with Gasteiger partial charge >= 0.3 is 0 Å². The highest BCUT2D eigenvalue weighted by Crippen LogP contribution is 2.23. The number of fused-ring (bicyclic) bond motifs is 1. The van der Waals surface area contributed by atoms with Crippen LogP contribution >= 0.6 is 11.6 Å². The minimum Gasteiger partial charge on any atom is -0.361 e. The Labute approximate surface area is 125 Å². The molecule has 2 aromatic rings. The van der Waals surface area contributed by atoms with E-state index in [-0.39, 0.29) is 0 Å². The molecular weight excluding hydrogens is 270 g/mol. The number of rotatable bonds is 4. The number of aryl methyl sites for hydroxylation is 1. The Kier molecular flexibility index (Phi) is 4.29. The number of nitrogens with one attached hydrogen (secondary N) is 1. The van der Waals surface area contributed by atoms with E-state index < -0.39 is 0 Å². The molecule has 0 aliphatic carbocycles. The fourth-order valence-electron chi connectivity index (χ4n) is 2.93. The van der Waals surface area contributed by atoms with Gasteiger partial charge in [-0.15, -0.1) is 0 Å². The number of likely N-dealkylation sites (N-methyl/N-ethyl adjacent to an activating group) is 1. The molecule has 0 spiro atoms. The Morgan fingerprint density at radius 2 is 2.00 bits per heavy atom. The van der Waals surface area contributed by atoms with Gasteiger partial charge in [-0.25, -0.2) is 0 Å². The lowest BCUT2D eigenvalue weighted by Gasteiger charge is -2.32. The lowest BCUT2D eigenvalue weighted by Crippen LogP contribution is -2.44. The summed E-state index contributed by atoms with van der Waals surface area (Å²) in [5.41, 5.74) is 2.55. The van der Waals surface area contributed by atoms with Crippen LogP contribution in [0.3, 0.4) is 0 Å². The van der Waals surface area contributed by atoms with Gasteiger partial charge in [-0.05, 0) is 44.1 Å². The largest absolute Gasteiger partial charge is 0.361 e. The van der Waals surface area contributed by atoms with Crippen LogP contribution in [0.15, 0.2) is 24.4 Å². The zero-order valence-electron chi connectivity index (χ0n) is 12.0. The molecule has 1 aliphatic heterocycles. The van der Waals surface area contributed by atoms with Crippen LogP contribution in [0.1, 0.15) is 12.0 Å². The molecule has 3 nitrogen and oxygen atoms in total. The first-order valence-corrected chi connectivity index (χ1v) is 7.76. The number of piperazine rings is 1. The number of aromatic amines is 1. The molecule has 108 valence electrons. The first-order valence-electron chi connectivity index (χ1n) is 7.39. The monoisotopic (exact) mass is 291 g/mol. The number of hydrogen-bond acceptors (Lipinski definition) is 2. The van der Waals surface area contributed by atoms with Crippen molar-refractivity contribution in [3.63, 3.8) is 0 Å². The maximum atomic E-state index is 6.01. The van der Waals surface area contributed by atoms with Gasteiger partial charge in [-0.3, -0.25) is 0 Å². The lowest BCUT2D eigenvalue weighted by atomic mass is 10.1. The summed E-state index contributed by atoms with van der Waals surface area (Å²) >= 11 is 6.01. The Morgan fingerprint density at radius 1 is 1.20 bits per heavy atom. The SMILES string of the molecule is CN1CCN(CCCc2c[nH]c3cc(Cl)ccc23)CC1. The van der Waals surface area contributed by atoms with Gasteiger partial charge in [-0.1, -0.05) is 17.7 Å². The van der Waals surface area contributed by atoms with E-state index in [4.69, 9.17) is 11.6 Å². The van der Waals surface area contributed by atoms with Crippen LogP contribution in [-0.2, 0) is 6.42 Å². The fourth-order valence-corrected chi connectivity index (χ4v) is 3.10. The first kappa shape index (κ1) is 13.9. The fraction of sp³-hybridized carbons (Fsp3) is 0.500. The minimum absolute atomic E-state index is 0.795. The molecule has 0 atom stereocenters. The molecule has 0 unspecified atom stereocenters. The van der Waals surface area contributed by atoms with Gasteiger partial charge in [0.1, 0.15) is 0 Å². The normalized spacial score (nSPS) is 17.9. The van der Waals surface area contributed by atoms with Crippen molar-refractivity contribution in [3.05, 3.63) is 35.0 Å². The summed E-state index contributed by atoms with van der Waals surface area (Å²) in [6, 6.07) is 6.10. The molecule has 4 heteroatoms. The maximum absolute atomic E-state index is 6.01. The van der Waals surface area contributed by atoms with Crippen molar-refractivity contribution in [1.29, 1.82) is 0 Å². The average Bonchev–Trinajstić information content (AvgIpc) is 2.83. The molecule has 1 aromatic carbocycles.